The van der Waals surface area contributed by atoms with Gasteiger partial charge in [-0.25, -0.2) is 0 Å². The van der Waals surface area contributed by atoms with Gasteiger partial charge >= 0.3 is 0 Å². The Bertz CT molecular complexity index is 1050. The van der Waals surface area contributed by atoms with Crippen LogP contribution in [0.5, 0.6) is 5.75 Å². The van der Waals surface area contributed by atoms with Crippen molar-refractivity contribution in [3.8, 4) is 5.75 Å². The average Bonchev–Trinajstić information content (AvgIpc) is 3.10. The van der Waals surface area contributed by atoms with E-state index in [0.717, 1.165) is 27.0 Å². The fourth-order valence-corrected chi connectivity index (χ4v) is 5.04. The molecule has 0 bridgehead atoms. The first-order valence-corrected chi connectivity index (χ1v) is 11.5. The van der Waals surface area contributed by atoms with Gasteiger partial charge in [0.25, 0.3) is 0 Å². The zero-order valence-electron chi connectivity index (χ0n) is 15.1. The Balaban J connectivity index is 1.66. The van der Waals surface area contributed by atoms with E-state index in [4.69, 9.17) is 27.9 Å². The zero-order valence-corrected chi connectivity index (χ0v) is 19.1. The smallest absolute Gasteiger partial charge is 0.238 e. The maximum Gasteiger partial charge on any atom is 0.238 e. The summed E-state index contributed by atoms with van der Waals surface area (Å²) in [7, 11) is 0. The number of carbonyl (C=O) groups excluding carboxylic acids is 1. The van der Waals surface area contributed by atoms with E-state index in [2.05, 4.69) is 15.9 Å². The average molecular weight is 509 g/mol. The van der Waals surface area contributed by atoms with Crippen LogP contribution in [0.3, 0.4) is 0 Å². The van der Waals surface area contributed by atoms with E-state index < -0.39 is 0 Å². The molecule has 1 fully saturated rings. The van der Waals surface area contributed by atoms with Crippen LogP contribution in [0.25, 0.3) is 0 Å². The summed E-state index contributed by atoms with van der Waals surface area (Å²) in [5.74, 6) is 1.18. The molecule has 1 heterocycles. The highest BCUT2D eigenvalue weighted by Gasteiger charge is 2.36. The zero-order chi connectivity index (χ0) is 20.4. The Kier molecular flexibility index (Phi) is 6.40. The fraction of sp³-hybridized carbons (Fsp3) is 0.136. The minimum atomic E-state index is -0.192. The molecule has 0 spiro atoms. The summed E-state index contributed by atoms with van der Waals surface area (Å²) in [5.41, 5.74) is 2.65. The maximum absolute atomic E-state index is 12.7. The standard InChI is InChI=1S/C22H16BrCl2NO2S/c23-15-5-10-20(28-12-14-3-1-2-4-19(14)25)18(11-15)22-26(21(27)13-29-22)17-8-6-16(24)7-9-17/h1-11,22H,12-13H2/t22-/m1/s1. The van der Waals surface area contributed by atoms with Gasteiger partial charge in [-0.2, -0.15) is 0 Å². The number of rotatable bonds is 5. The largest absolute Gasteiger partial charge is 0.488 e. The molecule has 3 aromatic carbocycles. The molecule has 0 aliphatic carbocycles. The van der Waals surface area contributed by atoms with Crippen LogP contribution in [0.2, 0.25) is 10.0 Å². The summed E-state index contributed by atoms with van der Waals surface area (Å²) < 4.78 is 7.06. The second kappa shape index (κ2) is 9.00. The van der Waals surface area contributed by atoms with Gasteiger partial charge in [-0.1, -0.05) is 57.3 Å². The van der Waals surface area contributed by atoms with E-state index in [1.807, 2.05) is 54.6 Å². The fourth-order valence-electron chi connectivity index (χ4n) is 3.15. The SMILES string of the molecule is O=C1CS[C@H](c2cc(Br)ccc2OCc2ccccc2Cl)N1c1ccc(Cl)cc1. The lowest BCUT2D eigenvalue weighted by Gasteiger charge is -2.26. The highest BCUT2D eigenvalue weighted by Crippen LogP contribution is 2.46. The van der Waals surface area contributed by atoms with E-state index >= 15 is 0 Å². The van der Waals surface area contributed by atoms with Gasteiger partial charge in [-0.05, 0) is 48.5 Å². The van der Waals surface area contributed by atoms with Crippen LogP contribution in [-0.2, 0) is 11.4 Å². The van der Waals surface area contributed by atoms with E-state index in [-0.39, 0.29) is 11.3 Å². The van der Waals surface area contributed by atoms with Crippen molar-refractivity contribution in [3.05, 3.63) is 92.4 Å². The van der Waals surface area contributed by atoms with Crippen molar-refractivity contribution in [2.24, 2.45) is 0 Å². The number of hydrogen-bond donors (Lipinski definition) is 0. The second-order valence-corrected chi connectivity index (χ2v) is 9.29. The quantitative estimate of drug-likeness (QED) is 0.367. The first-order valence-electron chi connectivity index (χ1n) is 8.88. The highest BCUT2D eigenvalue weighted by molar-refractivity contribution is 9.10. The predicted octanol–water partition coefficient (Wildman–Crippen LogP) is 7.11. The molecule has 0 unspecified atom stereocenters. The topological polar surface area (TPSA) is 29.5 Å². The van der Waals surface area contributed by atoms with E-state index in [9.17, 15) is 4.79 Å². The molecule has 1 aliphatic heterocycles. The first-order chi connectivity index (χ1) is 14.0. The molecule has 4 rings (SSSR count). The number of thioether (sulfide) groups is 1. The van der Waals surface area contributed by atoms with E-state index in [0.29, 0.717) is 22.4 Å². The summed E-state index contributed by atoms with van der Waals surface area (Å²) >= 11 is 17.4. The Labute approximate surface area is 192 Å². The van der Waals surface area contributed by atoms with Gasteiger partial charge in [0, 0.05) is 31.3 Å². The number of halogens is 3. The summed E-state index contributed by atoms with van der Waals surface area (Å²) in [5, 5.41) is 1.11. The van der Waals surface area contributed by atoms with Gasteiger partial charge in [0.2, 0.25) is 5.91 Å². The third kappa shape index (κ3) is 4.58. The molecular formula is C22H16BrCl2NO2S. The summed E-state index contributed by atoms with van der Waals surface area (Å²) in [6.45, 7) is 0.348. The van der Waals surface area contributed by atoms with Crippen LogP contribution in [0.15, 0.2) is 71.2 Å². The third-order valence-electron chi connectivity index (χ3n) is 4.55. The van der Waals surface area contributed by atoms with Gasteiger partial charge in [0.05, 0.1) is 5.75 Å². The minimum absolute atomic E-state index is 0.0550. The lowest BCUT2D eigenvalue weighted by molar-refractivity contribution is -0.115. The molecule has 7 heteroatoms. The second-order valence-electron chi connectivity index (χ2n) is 6.47. The molecule has 0 saturated carbocycles. The van der Waals surface area contributed by atoms with Gasteiger partial charge in [0.1, 0.15) is 17.7 Å². The first kappa shape index (κ1) is 20.6. The van der Waals surface area contributed by atoms with Crippen molar-refractivity contribution in [1.29, 1.82) is 0 Å². The Hall–Kier alpha value is -1.66. The van der Waals surface area contributed by atoms with Crippen LogP contribution in [0.4, 0.5) is 5.69 Å². The molecule has 0 aromatic heterocycles. The van der Waals surface area contributed by atoms with E-state index in [1.165, 1.54) is 0 Å². The third-order valence-corrected chi connectivity index (χ3v) is 6.86. The molecule has 1 atom stereocenters. The lowest BCUT2D eigenvalue weighted by Crippen LogP contribution is -2.28. The molecule has 148 valence electrons. The normalized spacial score (nSPS) is 16.3. The number of nitrogens with zero attached hydrogens (tertiary/aromatic N) is 1. The number of carbonyl (C=O) groups is 1. The van der Waals surface area contributed by atoms with Crippen molar-refractivity contribution >= 4 is 62.5 Å². The number of amides is 1. The molecule has 3 nitrogen and oxygen atoms in total. The summed E-state index contributed by atoms with van der Waals surface area (Å²) in [4.78, 5) is 14.5. The minimum Gasteiger partial charge on any atom is -0.488 e. The molecule has 3 aromatic rings. The van der Waals surface area contributed by atoms with Crippen LogP contribution in [0.1, 0.15) is 16.5 Å². The van der Waals surface area contributed by atoms with E-state index in [1.54, 1.807) is 28.8 Å². The van der Waals surface area contributed by atoms with Gasteiger partial charge in [-0.3, -0.25) is 9.69 Å². The molecule has 1 saturated heterocycles. The van der Waals surface area contributed by atoms with Crippen molar-refractivity contribution in [2.75, 3.05) is 10.7 Å². The maximum atomic E-state index is 12.7. The van der Waals surface area contributed by atoms with Crippen molar-refractivity contribution in [3.63, 3.8) is 0 Å². The summed E-state index contributed by atoms with van der Waals surface area (Å²) in [6.07, 6.45) is 0. The Morgan fingerprint density at radius 1 is 1.07 bits per heavy atom. The lowest BCUT2D eigenvalue weighted by atomic mass is 10.1. The summed E-state index contributed by atoms with van der Waals surface area (Å²) in [6, 6.07) is 20.8. The van der Waals surface area contributed by atoms with Crippen LogP contribution in [-0.4, -0.2) is 11.7 Å². The van der Waals surface area contributed by atoms with Crippen LogP contribution >= 0.6 is 50.9 Å². The van der Waals surface area contributed by atoms with Gasteiger partial charge in [-0.15, -0.1) is 11.8 Å². The molecule has 0 N–H and O–H groups in total. The Morgan fingerprint density at radius 3 is 2.59 bits per heavy atom. The monoisotopic (exact) mass is 507 g/mol. The van der Waals surface area contributed by atoms with Crippen molar-refractivity contribution in [1.82, 2.24) is 0 Å². The highest BCUT2D eigenvalue weighted by atomic mass is 79.9. The molecule has 1 aliphatic rings. The van der Waals surface area contributed by atoms with Gasteiger partial charge < -0.3 is 4.74 Å². The number of benzene rings is 3. The van der Waals surface area contributed by atoms with Crippen LogP contribution < -0.4 is 9.64 Å². The molecule has 29 heavy (non-hydrogen) atoms. The number of anilines is 1. The number of hydrogen-bond acceptors (Lipinski definition) is 3. The number of ether oxygens (including phenoxy) is 1. The molecule has 1 amide bonds. The van der Waals surface area contributed by atoms with Crippen molar-refractivity contribution in [2.45, 2.75) is 12.0 Å². The van der Waals surface area contributed by atoms with Gasteiger partial charge in [0.15, 0.2) is 0 Å². The van der Waals surface area contributed by atoms with Crippen molar-refractivity contribution < 1.29 is 9.53 Å². The Morgan fingerprint density at radius 2 is 1.83 bits per heavy atom. The molecular weight excluding hydrogens is 493 g/mol. The predicted molar refractivity (Wildman–Crippen MR) is 124 cm³/mol. The van der Waals surface area contributed by atoms with Crippen LogP contribution in [0, 0.1) is 0 Å². The molecule has 0 radical (unpaired) electrons.